The molecule has 1 aliphatic rings. The van der Waals surface area contributed by atoms with E-state index in [4.69, 9.17) is 4.52 Å². The van der Waals surface area contributed by atoms with Crippen LogP contribution in [0.2, 0.25) is 0 Å². The first-order chi connectivity index (χ1) is 11.8. The van der Waals surface area contributed by atoms with Crippen molar-refractivity contribution in [3.8, 4) is 0 Å². The van der Waals surface area contributed by atoms with Crippen molar-refractivity contribution in [3.63, 3.8) is 0 Å². The second-order valence-corrected chi connectivity index (χ2v) is 8.01. The predicted molar refractivity (Wildman–Crippen MR) is 88.0 cm³/mol. The van der Waals surface area contributed by atoms with Crippen LogP contribution in [0.4, 0.5) is 5.82 Å². The number of carbonyl (C=O) groups is 2. The van der Waals surface area contributed by atoms with Crippen LogP contribution >= 0.6 is 0 Å². The molecule has 0 bridgehead atoms. The van der Waals surface area contributed by atoms with Crippen LogP contribution in [0, 0.1) is 6.92 Å². The largest absolute Gasteiger partial charge is 0.360 e. The van der Waals surface area contributed by atoms with Crippen molar-refractivity contribution in [2.75, 3.05) is 16.8 Å². The number of nitrogens with zero attached hydrogens (tertiary/aromatic N) is 2. The third-order valence-electron chi connectivity index (χ3n) is 3.69. The van der Waals surface area contributed by atoms with Gasteiger partial charge in [-0.25, -0.2) is 8.42 Å². The molecular formula is C15H16N4O5S. The molecule has 132 valence electrons. The molecule has 1 aliphatic heterocycles. The maximum atomic E-state index is 12.3. The zero-order valence-corrected chi connectivity index (χ0v) is 14.2. The summed E-state index contributed by atoms with van der Waals surface area (Å²) < 4.78 is 27.8. The highest BCUT2D eigenvalue weighted by Gasteiger charge is 2.29. The van der Waals surface area contributed by atoms with Crippen LogP contribution in [0.3, 0.4) is 0 Å². The second kappa shape index (κ2) is 6.63. The summed E-state index contributed by atoms with van der Waals surface area (Å²) >= 11 is 0. The lowest BCUT2D eigenvalue weighted by molar-refractivity contribution is 0.0941. The van der Waals surface area contributed by atoms with E-state index in [2.05, 4.69) is 20.8 Å². The maximum absolute atomic E-state index is 12.3. The van der Waals surface area contributed by atoms with Gasteiger partial charge < -0.3 is 15.2 Å². The molecule has 0 radical (unpaired) electrons. The first-order valence-electron chi connectivity index (χ1n) is 7.54. The third kappa shape index (κ3) is 4.21. The van der Waals surface area contributed by atoms with Crippen LogP contribution in [-0.2, 0) is 9.84 Å². The molecule has 1 saturated heterocycles. The van der Waals surface area contributed by atoms with Crippen LogP contribution in [0.1, 0.15) is 33.0 Å². The maximum Gasteiger partial charge on any atom is 0.275 e. The minimum Gasteiger partial charge on any atom is -0.360 e. The number of carbonyl (C=O) groups excluding carboxylic acids is 2. The van der Waals surface area contributed by atoms with Gasteiger partial charge in [0.05, 0.1) is 11.5 Å². The Morgan fingerprint density at radius 1 is 1.28 bits per heavy atom. The number of hydrogen-bond acceptors (Lipinski definition) is 7. The summed E-state index contributed by atoms with van der Waals surface area (Å²) in [6.45, 7) is 1.69. The predicted octanol–water partition coefficient (Wildman–Crippen LogP) is 0.547. The highest BCUT2D eigenvalue weighted by atomic mass is 32.2. The van der Waals surface area contributed by atoms with E-state index < -0.39 is 27.7 Å². The molecule has 0 aliphatic carbocycles. The summed E-state index contributed by atoms with van der Waals surface area (Å²) in [7, 11) is -3.08. The highest BCUT2D eigenvalue weighted by molar-refractivity contribution is 7.91. The van der Waals surface area contributed by atoms with Crippen LogP contribution in [0.15, 0.2) is 28.9 Å². The average molecular weight is 364 g/mol. The average Bonchev–Trinajstić information content (AvgIpc) is 3.12. The summed E-state index contributed by atoms with van der Waals surface area (Å²) in [4.78, 5) is 28.4. The molecule has 1 atom stereocenters. The van der Waals surface area contributed by atoms with E-state index in [0.717, 1.165) is 0 Å². The van der Waals surface area contributed by atoms with Crippen LogP contribution in [-0.4, -0.2) is 47.9 Å². The number of anilines is 1. The molecule has 25 heavy (non-hydrogen) atoms. The summed E-state index contributed by atoms with van der Waals surface area (Å²) in [5, 5.41) is 8.83. The van der Waals surface area contributed by atoms with Crippen molar-refractivity contribution < 1.29 is 22.5 Å². The zero-order chi connectivity index (χ0) is 18.0. The lowest BCUT2D eigenvalue weighted by Gasteiger charge is -2.11. The van der Waals surface area contributed by atoms with Gasteiger partial charge in [0.15, 0.2) is 15.7 Å². The Labute approximate surface area is 143 Å². The Hall–Kier alpha value is -2.75. The minimum absolute atomic E-state index is 0.0346. The van der Waals surface area contributed by atoms with Crippen LogP contribution in [0.5, 0.6) is 0 Å². The first-order valence-corrected chi connectivity index (χ1v) is 9.36. The van der Waals surface area contributed by atoms with Gasteiger partial charge in [-0.3, -0.25) is 14.6 Å². The van der Waals surface area contributed by atoms with Crippen molar-refractivity contribution in [3.05, 3.63) is 41.4 Å². The minimum atomic E-state index is -3.08. The Bertz CT molecular complexity index is 922. The van der Waals surface area contributed by atoms with Gasteiger partial charge in [0.2, 0.25) is 0 Å². The molecule has 1 unspecified atom stereocenters. The highest BCUT2D eigenvalue weighted by Crippen LogP contribution is 2.13. The zero-order valence-electron chi connectivity index (χ0n) is 13.4. The van der Waals surface area contributed by atoms with Gasteiger partial charge in [0, 0.05) is 23.9 Å². The van der Waals surface area contributed by atoms with Gasteiger partial charge in [-0.05, 0) is 25.5 Å². The monoisotopic (exact) mass is 364 g/mol. The lowest BCUT2D eigenvalue weighted by atomic mass is 10.2. The molecule has 2 N–H and O–H groups in total. The number of pyridine rings is 1. The molecule has 10 heteroatoms. The number of aryl methyl sites for hydroxylation is 1. The molecule has 2 amide bonds. The van der Waals surface area contributed by atoms with E-state index in [1.54, 1.807) is 13.0 Å². The molecule has 2 aromatic rings. The Kier molecular flexibility index (Phi) is 4.53. The van der Waals surface area contributed by atoms with Crippen molar-refractivity contribution in [1.82, 2.24) is 15.5 Å². The number of hydrogen-bond donors (Lipinski definition) is 2. The summed E-state index contributed by atoms with van der Waals surface area (Å²) in [5.74, 6) is -0.192. The third-order valence-corrected chi connectivity index (χ3v) is 5.46. The van der Waals surface area contributed by atoms with E-state index in [0.29, 0.717) is 12.2 Å². The van der Waals surface area contributed by atoms with E-state index in [-0.39, 0.29) is 28.6 Å². The van der Waals surface area contributed by atoms with Crippen LogP contribution < -0.4 is 10.6 Å². The normalized spacial score (nSPS) is 18.7. The van der Waals surface area contributed by atoms with E-state index >= 15 is 0 Å². The molecule has 0 aromatic carbocycles. The molecule has 9 nitrogen and oxygen atoms in total. The van der Waals surface area contributed by atoms with Crippen molar-refractivity contribution in [1.29, 1.82) is 0 Å². The van der Waals surface area contributed by atoms with Gasteiger partial charge in [0.1, 0.15) is 11.5 Å². The van der Waals surface area contributed by atoms with Gasteiger partial charge in [-0.2, -0.15) is 0 Å². The lowest BCUT2D eigenvalue weighted by Crippen LogP contribution is -2.35. The number of sulfone groups is 1. The van der Waals surface area contributed by atoms with Gasteiger partial charge in [0.25, 0.3) is 11.8 Å². The van der Waals surface area contributed by atoms with Crippen molar-refractivity contribution in [2.24, 2.45) is 0 Å². The Morgan fingerprint density at radius 3 is 2.72 bits per heavy atom. The fourth-order valence-corrected chi connectivity index (χ4v) is 4.15. The Morgan fingerprint density at radius 2 is 2.08 bits per heavy atom. The molecule has 2 aromatic heterocycles. The number of rotatable bonds is 4. The van der Waals surface area contributed by atoms with Gasteiger partial charge >= 0.3 is 0 Å². The second-order valence-electron chi connectivity index (χ2n) is 5.78. The molecule has 3 heterocycles. The molecule has 3 rings (SSSR count). The molecule has 0 saturated carbocycles. The number of nitrogens with one attached hydrogen (secondary N) is 2. The summed E-state index contributed by atoms with van der Waals surface area (Å²) in [5.41, 5.74) is 0.258. The summed E-state index contributed by atoms with van der Waals surface area (Å²) in [6.07, 6.45) is 1.72. The Balaban J connectivity index is 1.68. The molecule has 1 fully saturated rings. The van der Waals surface area contributed by atoms with Gasteiger partial charge in [-0.1, -0.05) is 5.16 Å². The van der Waals surface area contributed by atoms with E-state index in [9.17, 15) is 18.0 Å². The SMILES string of the molecule is Cc1cc(NC(=O)c2cc(C(=O)NC3CCS(=O)(=O)C3)ccn2)no1. The van der Waals surface area contributed by atoms with Crippen LogP contribution in [0.25, 0.3) is 0 Å². The van der Waals surface area contributed by atoms with Gasteiger partial charge in [-0.15, -0.1) is 0 Å². The first kappa shape index (κ1) is 17.1. The summed E-state index contributed by atoms with van der Waals surface area (Å²) in [6, 6.07) is 3.92. The molecular weight excluding hydrogens is 348 g/mol. The van der Waals surface area contributed by atoms with Crippen molar-refractivity contribution in [2.45, 2.75) is 19.4 Å². The fourth-order valence-electron chi connectivity index (χ4n) is 2.48. The number of amides is 2. The van der Waals surface area contributed by atoms with E-state index in [1.807, 2.05) is 0 Å². The standard InChI is InChI=1S/C15H16N4O5S/c1-9-6-13(19-24-9)18-15(21)12-7-10(2-4-16-12)14(20)17-11-3-5-25(22,23)8-11/h2,4,6-7,11H,3,5,8H2,1H3,(H,17,20)(H,18,19,21). The topological polar surface area (TPSA) is 131 Å². The number of aromatic nitrogens is 2. The van der Waals surface area contributed by atoms with Crippen molar-refractivity contribution >= 4 is 27.5 Å². The van der Waals surface area contributed by atoms with E-state index in [1.165, 1.54) is 18.3 Å². The molecule has 0 spiro atoms. The smallest absolute Gasteiger partial charge is 0.275 e. The quantitative estimate of drug-likeness (QED) is 0.809. The fraction of sp³-hybridized carbons (Fsp3) is 0.333.